The highest BCUT2D eigenvalue weighted by Gasteiger charge is 2.49. The smallest absolute Gasteiger partial charge is 0.312 e. The first kappa shape index (κ1) is 17.7. The summed E-state index contributed by atoms with van der Waals surface area (Å²) in [6, 6.07) is 0. The molecule has 2 fully saturated rings. The quantitative estimate of drug-likeness (QED) is 0.793. The predicted molar refractivity (Wildman–Crippen MR) is 87.6 cm³/mol. The maximum Gasteiger partial charge on any atom is 0.312 e. The van der Waals surface area contributed by atoms with E-state index in [1.807, 2.05) is 25.9 Å². The molecule has 0 saturated heterocycles. The van der Waals surface area contributed by atoms with Gasteiger partial charge < -0.3 is 14.7 Å². The molecular weight excluding hydrogens is 278 g/mol. The van der Waals surface area contributed by atoms with E-state index in [2.05, 4.69) is 0 Å². The Morgan fingerprint density at radius 3 is 2.45 bits per heavy atom. The Morgan fingerprint density at radius 2 is 1.82 bits per heavy atom. The Hall–Kier alpha value is -0.610. The number of nitrogens with zero attached hydrogens (tertiary/aromatic N) is 1. The Balaban J connectivity index is 2.03. The monoisotopic (exact) mass is 311 g/mol. The zero-order valence-corrected chi connectivity index (χ0v) is 14.5. The lowest BCUT2D eigenvalue weighted by molar-refractivity contribution is -0.175. The van der Waals surface area contributed by atoms with Crippen LogP contribution in [0, 0.1) is 11.8 Å². The fourth-order valence-electron chi connectivity index (χ4n) is 4.43. The van der Waals surface area contributed by atoms with E-state index in [4.69, 9.17) is 4.74 Å². The molecule has 0 heterocycles. The van der Waals surface area contributed by atoms with Crippen molar-refractivity contribution >= 4 is 5.97 Å². The Kier molecular flexibility index (Phi) is 6.27. The number of esters is 1. The first-order chi connectivity index (χ1) is 10.4. The van der Waals surface area contributed by atoms with Crippen LogP contribution in [0.25, 0.3) is 0 Å². The third-order valence-electron chi connectivity index (χ3n) is 5.46. The van der Waals surface area contributed by atoms with E-state index in [1.54, 1.807) is 0 Å². The molecule has 0 amide bonds. The van der Waals surface area contributed by atoms with Crippen LogP contribution in [0.5, 0.6) is 0 Å². The van der Waals surface area contributed by atoms with E-state index < -0.39 is 5.60 Å². The van der Waals surface area contributed by atoms with Crippen molar-refractivity contribution < 1.29 is 14.6 Å². The molecule has 128 valence electrons. The van der Waals surface area contributed by atoms with Gasteiger partial charge in [0.05, 0.1) is 11.5 Å². The van der Waals surface area contributed by atoms with Gasteiger partial charge in [0, 0.05) is 6.54 Å². The molecule has 3 atom stereocenters. The first-order valence-corrected chi connectivity index (χ1v) is 9.01. The van der Waals surface area contributed by atoms with E-state index in [9.17, 15) is 9.90 Å². The van der Waals surface area contributed by atoms with E-state index >= 15 is 0 Å². The molecule has 2 aliphatic carbocycles. The van der Waals surface area contributed by atoms with Gasteiger partial charge in [0.15, 0.2) is 0 Å². The molecule has 4 heteroatoms. The molecule has 0 radical (unpaired) electrons. The summed E-state index contributed by atoms with van der Waals surface area (Å²) in [7, 11) is 3.95. The van der Waals surface area contributed by atoms with Gasteiger partial charge in [0.1, 0.15) is 6.10 Å². The number of rotatable bonds is 5. The molecule has 1 unspecified atom stereocenters. The molecule has 0 bridgehead atoms. The molecule has 2 saturated carbocycles. The van der Waals surface area contributed by atoms with Gasteiger partial charge in [-0.05, 0) is 52.6 Å². The normalized spacial score (nSPS) is 32.0. The van der Waals surface area contributed by atoms with Crippen LogP contribution in [0.15, 0.2) is 0 Å². The number of hydrogen-bond donors (Lipinski definition) is 1. The molecule has 4 nitrogen and oxygen atoms in total. The Bertz CT molecular complexity index is 365. The van der Waals surface area contributed by atoms with Crippen LogP contribution in [-0.2, 0) is 9.53 Å². The number of carbonyl (C=O) groups is 1. The summed E-state index contributed by atoms with van der Waals surface area (Å²) in [5.74, 6) is -0.223. The van der Waals surface area contributed by atoms with Gasteiger partial charge in [-0.15, -0.1) is 0 Å². The summed E-state index contributed by atoms with van der Waals surface area (Å²) in [5, 5.41) is 11.3. The fourth-order valence-corrected chi connectivity index (χ4v) is 4.43. The second kappa shape index (κ2) is 7.78. The standard InChI is InChI=1S/C18H33NO3/c1-14(13-19(2)3)22-17(20)16-11-7-8-12-18(16,21)15-9-5-4-6-10-15/h14-16,21H,4-13H2,1-3H3/t14?,16-,18+/m0/s1. The fraction of sp³-hybridized carbons (Fsp3) is 0.944. The van der Waals surface area contributed by atoms with Crippen LogP contribution in [-0.4, -0.2) is 48.3 Å². The maximum absolute atomic E-state index is 12.6. The lowest BCUT2D eigenvalue weighted by atomic mass is 9.64. The number of carbonyl (C=O) groups excluding carboxylic acids is 1. The number of ether oxygens (including phenoxy) is 1. The second-order valence-electron chi connectivity index (χ2n) is 7.63. The lowest BCUT2D eigenvalue weighted by Crippen LogP contribution is -2.52. The van der Waals surface area contributed by atoms with Crippen molar-refractivity contribution in [2.24, 2.45) is 11.8 Å². The van der Waals surface area contributed by atoms with Gasteiger partial charge in [0.2, 0.25) is 0 Å². The summed E-state index contributed by atoms with van der Waals surface area (Å²) in [6.45, 7) is 2.65. The molecular formula is C18H33NO3. The number of likely N-dealkylation sites (N-methyl/N-ethyl adjacent to an activating group) is 1. The largest absolute Gasteiger partial charge is 0.461 e. The summed E-state index contributed by atoms with van der Waals surface area (Å²) in [5.41, 5.74) is -0.826. The minimum absolute atomic E-state index is 0.125. The van der Waals surface area contributed by atoms with Gasteiger partial charge in [0.25, 0.3) is 0 Å². The maximum atomic E-state index is 12.6. The van der Waals surface area contributed by atoms with E-state index in [0.29, 0.717) is 0 Å². The summed E-state index contributed by atoms with van der Waals surface area (Å²) < 4.78 is 5.65. The summed E-state index contributed by atoms with van der Waals surface area (Å²) >= 11 is 0. The van der Waals surface area contributed by atoms with Crippen molar-refractivity contribution in [1.29, 1.82) is 0 Å². The predicted octanol–water partition coefficient (Wildman–Crippen LogP) is 2.98. The van der Waals surface area contributed by atoms with Gasteiger partial charge in [-0.25, -0.2) is 0 Å². The van der Waals surface area contributed by atoms with E-state index in [1.165, 1.54) is 19.3 Å². The Labute approximate surface area is 135 Å². The van der Waals surface area contributed by atoms with Crippen LogP contribution >= 0.6 is 0 Å². The van der Waals surface area contributed by atoms with Crippen LogP contribution in [0.3, 0.4) is 0 Å². The van der Waals surface area contributed by atoms with E-state index in [0.717, 1.165) is 45.1 Å². The van der Waals surface area contributed by atoms with Crippen molar-refractivity contribution in [3.63, 3.8) is 0 Å². The molecule has 2 rings (SSSR count). The zero-order valence-electron chi connectivity index (χ0n) is 14.5. The third-order valence-corrected chi connectivity index (χ3v) is 5.46. The summed E-state index contributed by atoms with van der Waals surface area (Å²) in [6.07, 6.45) is 9.24. The third kappa shape index (κ3) is 4.23. The minimum Gasteiger partial charge on any atom is -0.461 e. The van der Waals surface area contributed by atoms with Gasteiger partial charge in [-0.1, -0.05) is 32.1 Å². The highest BCUT2D eigenvalue weighted by atomic mass is 16.5. The highest BCUT2D eigenvalue weighted by molar-refractivity contribution is 5.74. The number of aliphatic hydroxyl groups is 1. The van der Waals surface area contributed by atoms with Crippen molar-refractivity contribution in [2.75, 3.05) is 20.6 Å². The second-order valence-corrected chi connectivity index (χ2v) is 7.63. The SMILES string of the molecule is CC(CN(C)C)OC(=O)[C@@H]1CCCC[C@@]1(O)C1CCCCC1. The molecule has 0 aromatic heterocycles. The van der Waals surface area contributed by atoms with Crippen LogP contribution in [0.2, 0.25) is 0 Å². The molecule has 0 aromatic rings. The summed E-state index contributed by atoms with van der Waals surface area (Å²) in [4.78, 5) is 14.7. The first-order valence-electron chi connectivity index (χ1n) is 9.01. The number of hydrogen-bond acceptors (Lipinski definition) is 4. The molecule has 0 aliphatic heterocycles. The molecule has 22 heavy (non-hydrogen) atoms. The molecule has 2 aliphatic rings. The average molecular weight is 311 g/mol. The van der Waals surface area contributed by atoms with Gasteiger partial charge >= 0.3 is 5.97 Å². The Morgan fingerprint density at radius 1 is 1.18 bits per heavy atom. The topological polar surface area (TPSA) is 49.8 Å². The minimum atomic E-state index is -0.826. The molecule has 0 spiro atoms. The van der Waals surface area contributed by atoms with Gasteiger partial charge in [-0.3, -0.25) is 4.79 Å². The van der Waals surface area contributed by atoms with Crippen LogP contribution in [0.4, 0.5) is 0 Å². The van der Waals surface area contributed by atoms with Crippen molar-refractivity contribution in [3.8, 4) is 0 Å². The van der Waals surface area contributed by atoms with Crippen molar-refractivity contribution in [3.05, 3.63) is 0 Å². The van der Waals surface area contributed by atoms with Gasteiger partial charge in [-0.2, -0.15) is 0 Å². The van der Waals surface area contributed by atoms with E-state index in [-0.39, 0.29) is 23.9 Å². The van der Waals surface area contributed by atoms with Crippen molar-refractivity contribution in [1.82, 2.24) is 4.90 Å². The molecule has 0 aromatic carbocycles. The van der Waals surface area contributed by atoms with Crippen LogP contribution in [0.1, 0.15) is 64.7 Å². The van der Waals surface area contributed by atoms with Crippen molar-refractivity contribution in [2.45, 2.75) is 76.4 Å². The lowest BCUT2D eigenvalue weighted by Gasteiger charge is -2.45. The van der Waals surface area contributed by atoms with Crippen LogP contribution < -0.4 is 0 Å². The average Bonchev–Trinajstić information content (AvgIpc) is 2.47. The molecule has 1 N–H and O–H groups in total. The zero-order chi connectivity index (χ0) is 16.2. The highest BCUT2D eigenvalue weighted by Crippen LogP contribution is 2.45.